The van der Waals surface area contributed by atoms with Crippen LogP contribution in [0.4, 0.5) is 4.39 Å². The van der Waals surface area contributed by atoms with E-state index in [-0.39, 0.29) is 12.4 Å². The van der Waals surface area contributed by atoms with Gasteiger partial charge in [-0.15, -0.1) is 0 Å². The predicted octanol–water partition coefficient (Wildman–Crippen LogP) is 2.02. The van der Waals surface area contributed by atoms with Crippen molar-refractivity contribution in [3.8, 4) is 5.75 Å². The van der Waals surface area contributed by atoms with Crippen molar-refractivity contribution < 1.29 is 13.9 Å². The van der Waals surface area contributed by atoms with E-state index in [4.69, 9.17) is 10.5 Å². The minimum atomic E-state index is -0.501. The number of carbonyl (C=O) groups is 1. The fourth-order valence-electron chi connectivity index (χ4n) is 2.01. The van der Waals surface area contributed by atoms with E-state index in [2.05, 4.69) is 5.32 Å². The number of carbonyl (C=O) groups excluding carboxylic acids is 1. The van der Waals surface area contributed by atoms with E-state index in [0.29, 0.717) is 30.8 Å². The van der Waals surface area contributed by atoms with Crippen molar-refractivity contribution >= 4 is 5.91 Å². The zero-order valence-corrected chi connectivity index (χ0v) is 12.2. The molecule has 116 valence electrons. The van der Waals surface area contributed by atoms with E-state index in [9.17, 15) is 9.18 Å². The molecular weight excluding hydrogens is 283 g/mol. The Morgan fingerprint density at radius 2 is 1.86 bits per heavy atom. The summed E-state index contributed by atoms with van der Waals surface area (Å²) in [5, 5.41) is 3.27. The van der Waals surface area contributed by atoms with Gasteiger partial charge in [0.1, 0.15) is 11.6 Å². The quantitative estimate of drug-likeness (QED) is 0.733. The summed E-state index contributed by atoms with van der Waals surface area (Å²) < 4.78 is 18.6. The summed E-state index contributed by atoms with van der Waals surface area (Å²) in [5.41, 5.74) is 6.81. The van der Waals surface area contributed by atoms with Crippen molar-refractivity contribution in [2.75, 3.05) is 13.2 Å². The van der Waals surface area contributed by atoms with Gasteiger partial charge in [0.25, 0.3) is 5.91 Å². The first-order chi connectivity index (χ1) is 10.6. The molecular formula is C17H19FN2O2. The summed E-state index contributed by atoms with van der Waals surface area (Å²) in [7, 11) is 0. The van der Waals surface area contributed by atoms with Crippen LogP contribution < -0.4 is 15.8 Å². The van der Waals surface area contributed by atoms with Crippen molar-refractivity contribution in [2.24, 2.45) is 5.73 Å². The molecule has 0 aliphatic carbocycles. The van der Waals surface area contributed by atoms with Crippen molar-refractivity contribution in [3.63, 3.8) is 0 Å². The maximum absolute atomic E-state index is 13.4. The first kappa shape index (κ1) is 16.0. The highest BCUT2D eigenvalue weighted by Crippen LogP contribution is 2.12. The molecule has 2 aromatic carbocycles. The van der Waals surface area contributed by atoms with E-state index < -0.39 is 5.91 Å². The number of benzene rings is 2. The van der Waals surface area contributed by atoms with Crippen LogP contribution in [-0.2, 0) is 17.8 Å². The Kier molecular flexibility index (Phi) is 5.91. The molecule has 0 spiro atoms. The van der Waals surface area contributed by atoms with Crippen LogP contribution >= 0.6 is 0 Å². The van der Waals surface area contributed by atoms with E-state index in [1.54, 1.807) is 24.3 Å². The van der Waals surface area contributed by atoms with Crippen LogP contribution in [-0.4, -0.2) is 19.1 Å². The topological polar surface area (TPSA) is 64.4 Å². The molecule has 2 aromatic rings. The maximum Gasteiger partial charge on any atom is 0.255 e. The Morgan fingerprint density at radius 3 is 2.55 bits per heavy atom. The van der Waals surface area contributed by atoms with Crippen LogP contribution in [0.2, 0.25) is 0 Å². The van der Waals surface area contributed by atoms with Gasteiger partial charge in [0.2, 0.25) is 0 Å². The highest BCUT2D eigenvalue weighted by atomic mass is 19.1. The highest BCUT2D eigenvalue weighted by Gasteiger charge is 2.01. The molecule has 0 aromatic heterocycles. The van der Waals surface area contributed by atoms with Gasteiger partial charge in [0.15, 0.2) is 6.61 Å². The summed E-state index contributed by atoms with van der Waals surface area (Å²) in [5.74, 6) is -0.0620. The van der Waals surface area contributed by atoms with Crippen molar-refractivity contribution in [2.45, 2.75) is 13.0 Å². The normalized spacial score (nSPS) is 10.4. The number of hydrogen-bond donors (Lipinski definition) is 2. The zero-order chi connectivity index (χ0) is 15.8. The third-order valence-corrected chi connectivity index (χ3v) is 3.16. The zero-order valence-electron chi connectivity index (χ0n) is 12.2. The van der Waals surface area contributed by atoms with E-state index >= 15 is 0 Å². The number of ether oxygens (including phenoxy) is 1. The van der Waals surface area contributed by atoms with Crippen molar-refractivity contribution in [1.82, 2.24) is 5.32 Å². The standard InChI is InChI=1S/C17H19FN2O2/c18-16-4-2-1-3-14(16)9-10-20-11-13-5-7-15(8-6-13)22-12-17(19)21/h1-8,20H,9-12H2,(H2,19,21). The molecule has 2 rings (SSSR count). The molecule has 0 radical (unpaired) electrons. The largest absolute Gasteiger partial charge is 0.484 e. The molecule has 3 N–H and O–H groups in total. The van der Waals surface area contributed by atoms with Gasteiger partial charge in [-0.25, -0.2) is 4.39 Å². The summed E-state index contributed by atoms with van der Waals surface area (Å²) in [4.78, 5) is 10.6. The third-order valence-electron chi connectivity index (χ3n) is 3.16. The van der Waals surface area contributed by atoms with Crippen LogP contribution in [0.5, 0.6) is 5.75 Å². The number of nitrogens with one attached hydrogen (secondary N) is 1. The van der Waals surface area contributed by atoms with Gasteiger partial charge >= 0.3 is 0 Å². The maximum atomic E-state index is 13.4. The monoisotopic (exact) mass is 302 g/mol. The number of halogens is 1. The first-order valence-corrected chi connectivity index (χ1v) is 7.09. The molecule has 1 amide bonds. The number of hydrogen-bond acceptors (Lipinski definition) is 3. The third kappa shape index (κ3) is 5.18. The SMILES string of the molecule is NC(=O)COc1ccc(CNCCc2ccccc2F)cc1. The minimum absolute atomic E-state index is 0.125. The molecule has 22 heavy (non-hydrogen) atoms. The summed E-state index contributed by atoms with van der Waals surface area (Å²) in [6.45, 7) is 1.26. The molecule has 5 heteroatoms. The Hall–Kier alpha value is -2.40. The average Bonchev–Trinajstić information content (AvgIpc) is 2.52. The van der Waals surface area contributed by atoms with Crippen molar-refractivity contribution in [1.29, 1.82) is 0 Å². The molecule has 0 saturated carbocycles. The lowest BCUT2D eigenvalue weighted by molar-refractivity contribution is -0.119. The van der Waals surface area contributed by atoms with Gasteiger partial charge in [-0.05, 0) is 42.3 Å². The lowest BCUT2D eigenvalue weighted by Gasteiger charge is -2.07. The summed E-state index contributed by atoms with van der Waals surface area (Å²) in [6.07, 6.45) is 0.645. The van der Waals surface area contributed by atoms with Gasteiger partial charge in [-0.3, -0.25) is 4.79 Å². The van der Waals surface area contributed by atoms with Crippen LogP contribution in [0.15, 0.2) is 48.5 Å². The van der Waals surface area contributed by atoms with Crippen LogP contribution in [0.1, 0.15) is 11.1 Å². The predicted molar refractivity (Wildman–Crippen MR) is 82.9 cm³/mol. The molecule has 0 atom stereocenters. The number of nitrogens with two attached hydrogens (primary N) is 1. The fourth-order valence-corrected chi connectivity index (χ4v) is 2.01. The smallest absolute Gasteiger partial charge is 0.255 e. The molecule has 4 nitrogen and oxygen atoms in total. The summed E-state index contributed by atoms with van der Waals surface area (Å²) >= 11 is 0. The minimum Gasteiger partial charge on any atom is -0.484 e. The van der Waals surface area contributed by atoms with Crippen LogP contribution in [0.3, 0.4) is 0 Å². The van der Waals surface area contributed by atoms with E-state index in [0.717, 1.165) is 5.56 Å². The molecule has 0 bridgehead atoms. The number of primary amides is 1. The first-order valence-electron chi connectivity index (χ1n) is 7.09. The van der Waals surface area contributed by atoms with Gasteiger partial charge < -0.3 is 15.8 Å². The van der Waals surface area contributed by atoms with E-state index in [1.807, 2.05) is 18.2 Å². The second kappa shape index (κ2) is 8.14. The molecule has 0 unspecified atom stereocenters. The highest BCUT2D eigenvalue weighted by molar-refractivity contribution is 5.75. The second-order valence-electron chi connectivity index (χ2n) is 4.92. The molecule has 0 saturated heterocycles. The second-order valence-corrected chi connectivity index (χ2v) is 4.92. The molecule has 0 aliphatic heterocycles. The molecule has 0 fully saturated rings. The Labute approximate surface area is 129 Å². The molecule has 0 heterocycles. The Balaban J connectivity index is 1.73. The Bertz CT molecular complexity index is 614. The molecule has 0 aliphatic rings. The summed E-state index contributed by atoms with van der Waals surface area (Å²) in [6, 6.07) is 14.2. The number of amides is 1. The Morgan fingerprint density at radius 1 is 1.14 bits per heavy atom. The van der Waals surface area contributed by atoms with Gasteiger partial charge in [0.05, 0.1) is 0 Å². The van der Waals surface area contributed by atoms with Gasteiger partial charge in [0, 0.05) is 6.54 Å². The number of rotatable bonds is 8. The van der Waals surface area contributed by atoms with Gasteiger partial charge in [-0.1, -0.05) is 30.3 Å². The fraction of sp³-hybridized carbons (Fsp3) is 0.235. The van der Waals surface area contributed by atoms with Crippen molar-refractivity contribution in [3.05, 3.63) is 65.5 Å². The van der Waals surface area contributed by atoms with Gasteiger partial charge in [-0.2, -0.15) is 0 Å². The van der Waals surface area contributed by atoms with Crippen LogP contribution in [0, 0.1) is 5.82 Å². The van der Waals surface area contributed by atoms with Crippen LogP contribution in [0.25, 0.3) is 0 Å². The van der Waals surface area contributed by atoms with E-state index in [1.165, 1.54) is 6.07 Å². The lowest BCUT2D eigenvalue weighted by atomic mass is 10.1. The lowest BCUT2D eigenvalue weighted by Crippen LogP contribution is -2.20. The average molecular weight is 302 g/mol.